The van der Waals surface area contributed by atoms with Crippen molar-refractivity contribution in [1.29, 1.82) is 0 Å². The number of nitrogens with two attached hydrogens (primary N) is 1. The summed E-state index contributed by atoms with van der Waals surface area (Å²) in [7, 11) is 0. The molecule has 17 heavy (non-hydrogen) atoms. The summed E-state index contributed by atoms with van der Waals surface area (Å²) in [6.07, 6.45) is 6.61. The van der Waals surface area contributed by atoms with Gasteiger partial charge in [-0.15, -0.1) is 0 Å². The standard InChI is InChI=1S/C15H30N2/c1-13(2)9-14(3,4)11-15(10-13,12-16)17-7-5-6-8-17/h5-12,16H2,1-4H3. The minimum Gasteiger partial charge on any atom is -0.329 e. The van der Waals surface area contributed by atoms with Gasteiger partial charge in [-0.05, 0) is 56.0 Å². The molecule has 2 fully saturated rings. The zero-order chi connectivity index (χ0) is 12.7. The molecular formula is C15H30N2. The quantitative estimate of drug-likeness (QED) is 0.801. The highest BCUT2D eigenvalue weighted by Crippen LogP contribution is 2.52. The zero-order valence-corrected chi connectivity index (χ0v) is 12.2. The minimum absolute atomic E-state index is 0.280. The van der Waals surface area contributed by atoms with Gasteiger partial charge < -0.3 is 5.73 Å². The number of likely N-dealkylation sites (tertiary alicyclic amines) is 1. The molecule has 0 amide bonds. The molecule has 0 aromatic rings. The first-order valence-electron chi connectivity index (χ1n) is 7.24. The van der Waals surface area contributed by atoms with E-state index in [0.29, 0.717) is 10.8 Å². The van der Waals surface area contributed by atoms with Crippen molar-refractivity contribution in [3.05, 3.63) is 0 Å². The van der Waals surface area contributed by atoms with E-state index in [9.17, 15) is 0 Å². The lowest BCUT2D eigenvalue weighted by Crippen LogP contribution is -2.59. The largest absolute Gasteiger partial charge is 0.329 e. The van der Waals surface area contributed by atoms with E-state index in [1.165, 1.54) is 45.2 Å². The van der Waals surface area contributed by atoms with Crippen molar-refractivity contribution >= 4 is 0 Å². The highest BCUT2D eigenvalue weighted by molar-refractivity contribution is 5.05. The van der Waals surface area contributed by atoms with Crippen LogP contribution < -0.4 is 5.73 Å². The van der Waals surface area contributed by atoms with Gasteiger partial charge in [-0.25, -0.2) is 0 Å². The second kappa shape index (κ2) is 4.24. The fourth-order valence-corrected chi connectivity index (χ4v) is 4.95. The molecule has 2 aliphatic rings. The Morgan fingerprint density at radius 1 is 0.882 bits per heavy atom. The molecule has 2 nitrogen and oxygen atoms in total. The Bertz CT molecular complexity index is 259. The lowest BCUT2D eigenvalue weighted by atomic mass is 9.58. The molecule has 2 N–H and O–H groups in total. The predicted molar refractivity (Wildman–Crippen MR) is 74.0 cm³/mol. The van der Waals surface area contributed by atoms with E-state index in [-0.39, 0.29) is 5.54 Å². The average Bonchev–Trinajstić information content (AvgIpc) is 2.65. The monoisotopic (exact) mass is 238 g/mol. The summed E-state index contributed by atoms with van der Waals surface area (Å²) in [5, 5.41) is 0. The summed E-state index contributed by atoms with van der Waals surface area (Å²) in [4.78, 5) is 2.70. The van der Waals surface area contributed by atoms with Gasteiger partial charge >= 0.3 is 0 Å². The van der Waals surface area contributed by atoms with E-state index in [2.05, 4.69) is 32.6 Å². The molecule has 0 aromatic carbocycles. The van der Waals surface area contributed by atoms with Crippen molar-refractivity contribution in [2.75, 3.05) is 19.6 Å². The summed E-state index contributed by atoms with van der Waals surface area (Å²) in [5.74, 6) is 0. The molecule has 1 saturated heterocycles. The third-order valence-electron chi connectivity index (χ3n) is 4.73. The summed E-state index contributed by atoms with van der Waals surface area (Å²) in [5.41, 5.74) is 7.37. The predicted octanol–water partition coefficient (Wildman–Crippen LogP) is 3.02. The maximum atomic E-state index is 6.22. The van der Waals surface area contributed by atoms with Crippen LogP contribution in [0.2, 0.25) is 0 Å². The van der Waals surface area contributed by atoms with Crippen LogP contribution in [0.5, 0.6) is 0 Å². The molecule has 0 aromatic heterocycles. The SMILES string of the molecule is CC1(C)CC(C)(C)CC(CN)(N2CCCC2)C1. The van der Waals surface area contributed by atoms with Crippen LogP contribution in [0.1, 0.15) is 59.8 Å². The fraction of sp³-hybridized carbons (Fsp3) is 1.00. The second-order valence-corrected chi connectivity index (χ2v) is 7.98. The van der Waals surface area contributed by atoms with Crippen LogP contribution in [0.4, 0.5) is 0 Å². The molecule has 1 heterocycles. The summed E-state index contributed by atoms with van der Waals surface area (Å²) in [6, 6.07) is 0. The zero-order valence-electron chi connectivity index (χ0n) is 12.2. The molecule has 2 heteroatoms. The van der Waals surface area contributed by atoms with Crippen molar-refractivity contribution < 1.29 is 0 Å². The van der Waals surface area contributed by atoms with Crippen LogP contribution in [-0.2, 0) is 0 Å². The number of nitrogens with zero attached hydrogens (tertiary/aromatic N) is 1. The van der Waals surface area contributed by atoms with Gasteiger partial charge in [0.1, 0.15) is 0 Å². The smallest absolute Gasteiger partial charge is 0.0341 e. The Morgan fingerprint density at radius 3 is 1.76 bits per heavy atom. The van der Waals surface area contributed by atoms with Crippen LogP contribution in [0.25, 0.3) is 0 Å². The fourth-order valence-electron chi connectivity index (χ4n) is 4.95. The molecule has 1 aliphatic heterocycles. The van der Waals surface area contributed by atoms with Gasteiger partial charge in [-0.3, -0.25) is 4.90 Å². The van der Waals surface area contributed by atoms with Gasteiger partial charge in [0.2, 0.25) is 0 Å². The molecule has 100 valence electrons. The summed E-state index contributed by atoms with van der Waals surface area (Å²) < 4.78 is 0. The Kier molecular flexibility index (Phi) is 3.33. The molecule has 1 saturated carbocycles. The molecule has 0 atom stereocenters. The van der Waals surface area contributed by atoms with Crippen LogP contribution in [0.3, 0.4) is 0 Å². The second-order valence-electron chi connectivity index (χ2n) is 7.98. The van der Waals surface area contributed by atoms with E-state index in [0.717, 1.165) is 6.54 Å². The molecule has 0 unspecified atom stereocenters. The first-order chi connectivity index (χ1) is 7.79. The van der Waals surface area contributed by atoms with E-state index < -0.39 is 0 Å². The first kappa shape index (κ1) is 13.4. The highest BCUT2D eigenvalue weighted by atomic mass is 15.2. The van der Waals surface area contributed by atoms with Gasteiger partial charge in [0.25, 0.3) is 0 Å². The van der Waals surface area contributed by atoms with Gasteiger partial charge in [-0.1, -0.05) is 27.7 Å². The third-order valence-corrected chi connectivity index (χ3v) is 4.73. The highest BCUT2D eigenvalue weighted by Gasteiger charge is 2.49. The molecule has 0 bridgehead atoms. The van der Waals surface area contributed by atoms with Crippen molar-refractivity contribution in [1.82, 2.24) is 4.90 Å². The van der Waals surface area contributed by atoms with Crippen LogP contribution in [0.15, 0.2) is 0 Å². The Balaban J connectivity index is 2.25. The van der Waals surface area contributed by atoms with Gasteiger partial charge in [0.05, 0.1) is 0 Å². The molecule has 2 rings (SSSR count). The topological polar surface area (TPSA) is 29.3 Å². The van der Waals surface area contributed by atoms with Crippen molar-refractivity contribution in [3.8, 4) is 0 Å². The van der Waals surface area contributed by atoms with E-state index in [1.807, 2.05) is 0 Å². The van der Waals surface area contributed by atoms with Crippen molar-refractivity contribution in [3.63, 3.8) is 0 Å². The maximum Gasteiger partial charge on any atom is 0.0341 e. The maximum absolute atomic E-state index is 6.22. The third kappa shape index (κ3) is 2.68. The van der Waals surface area contributed by atoms with Crippen LogP contribution in [-0.4, -0.2) is 30.1 Å². The molecular weight excluding hydrogens is 208 g/mol. The summed E-state index contributed by atoms with van der Waals surface area (Å²) in [6.45, 7) is 13.1. The number of hydrogen-bond donors (Lipinski definition) is 1. The van der Waals surface area contributed by atoms with Gasteiger partial charge in [0.15, 0.2) is 0 Å². The van der Waals surface area contributed by atoms with E-state index in [4.69, 9.17) is 5.73 Å². The normalized spacial score (nSPS) is 31.6. The van der Waals surface area contributed by atoms with Gasteiger partial charge in [-0.2, -0.15) is 0 Å². The van der Waals surface area contributed by atoms with Crippen LogP contribution in [0, 0.1) is 10.8 Å². The molecule has 1 aliphatic carbocycles. The number of hydrogen-bond acceptors (Lipinski definition) is 2. The molecule has 0 radical (unpaired) electrons. The van der Waals surface area contributed by atoms with Crippen LogP contribution >= 0.6 is 0 Å². The van der Waals surface area contributed by atoms with Crippen molar-refractivity contribution in [2.45, 2.75) is 65.3 Å². The Hall–Kier alpha value is -0.0800. The first-order valence-corrected chi connectivity index (χ1v) is 7.24. The van der Waals surface area contributed by atoms with E-state index in [1.54, 1.807) is 0 Å². The Labute approximate surface area is 107 Å². The number of rotatable bonds is 2. The van der Waals surface area contributed by atoms with Gasteiger partial charge in [0, 0.05) is 12.1 Å². The lowest BCUT2D eigenvalue weighted by molar-refractivity contribution is -0.0332. The Morgan fingerprint density at radius 2 is 1.35 bits per heavy atom. The van der Waals surface area contributed by atoms with E-state index >= 15 is 0 Å². The van der Waals surface area contributed by atoms with Crippen molar-refractivity contribution in [2.24, 2.45) is 16.6 Å². The average molecular weight is 238 g/mol. The minimum atomic E-state index is 0.280. The summed E-state index contributed by atoms with van der Waals surface area (Å²) >= 11 is 0. The lowest BCUT2D eigenvalue weighted by Gasteiger charge is -2.55. The molecule has 0 spiro atoms.